The van der Waals surface area contributed by atoms with Gasteiger partial charge in [-0.2, -0.15) is 5.26 Å². The summed E-state index contributed by atoms with van der Waals surface area (Å²) in [5, 5.41) is 9.96. The van der Waals surface area contributed by atoms with Crippen molar-refractivity contribution < 1.29 is 19.1 Å². The molecule has 2 aromatic rings. The normalized spacial score (nSPS) is 17.5. The summed E-state index contributed by atoms with van der Waals surface area (Å²) < 4.78 is 10.5. The summed E-state index contributed by atoms with van der Waals surface area (Å²) in [6.45, 7) is 4.75. The number of esters is 2. The molecule has 5 nitrogen and oxygen atoms in total. The standard InChI is InChI=1S/C24H23NO4/c1-16(21-22(26)28-24(2,3)29-23(21)27)14-19(17-10-6-4-7-11-17)20(15-25)18-12-8-5-9-13-18/h4-13,19-20H,14H2,1-3H3. The minimum absolute atomic E-state index is 0.0880. The van der Waals surface area contributed by atoms with E-state index in [0.29, 0.717) is 12.0 Å². The van der Waals surface area contributed by atoms with E-state index >= 15 is 0 Å². The summed E-state index contributed by atoms with van der Waals surface area (Å²) in [5.74, 6) is -3.35. The van der Waals surface area contributed by atoms with Crippen molar-refractivity contribution in [3.05, 3.63) is 82.9 Å². The van der Waals surface area contributed by atoms with E-state index in [4.69, 9.17) is 9.47 Å². The van der Waals surface area contributed by atoms with Crippen LogP contribution in [0.5, 0.6) is 0 Å². The van der Waals surface area contributed by atoms with E-state index in [1.54, 1.807) is 6.92 Å². The fraction of sp³-hybridized carbons (Fsp3) is 0.292. The first-order valence-electron chi connectivity index (χ1n) is 9.48. The van der Waals surface area contributed by atoms with Crippen molar-refractivity contribution in [1.29, 1.82) is 5.26 Å². The second-order valence-corrected chi connectivity index (χ2v) is 7.57. The van der Waals surface area contributed by atoms with Gasteiger partial charge in [0.1, 0.15) is 5.57 Å². The van der Waals surface area contributed by atoms with Gasteiger partial charge < -0.3 is 9.47 Å². The van der Waals surface area contributed by atoms with E-state index in [-0.39, 0.29) is 11.5 Å². The van der Waals surface area contributed by atoms with Crippen LogP contribution in [-0.2, 0) is 19.1 Å². The number of allylic oxidation sites excluding steroid dienone is 1. The highest BCUT2D eigenvalue weighted by Gasteiger charge is 2.40. The number of hydrogen-bond donors (Lipinski definition) is 0. The molecule has 1 saturated heterocycles. The third-order valence-corrected chi connectivity index (χ3v) is 4.97. The van der Waals surface area contributed by atoms with Gasteiger partial charge in [0, 0.05) is 19.8 Å². The lowest BCUT2D eigenvalue weighted by molar-refractivity contribution is -0.222. The van der Waals surface area contributed by atoms with E-state index in [9.17, 15) is 14.9 Å². The van der Waals surface area contributed by atoms with Crippen LogP contribution in [0.1, 0.15) is 50.2 Å². The number of nitrogens with zero attached hydrogens (tertiary/aromatic N) is 1. The van der Waals surface area contributed by atoms with Gasteiger partial charge in [-0.3, -0.25) is 0 Å². The van der Waals surface area contributed by atoms with E-state index < -0.39 is 23.6 Å². The Balaban J connectivity index is 2.01. The fourth-order valence-corrected chi connectivity index (χ4v) is 3.62. The molecule has 2 atom stereocenters. The number of carbonyl (C=O) groups excluding carboxylic acids is 2. The minimum Gasteiger partial charge on any atom is -0.419 e. The third kappa shape index (κ3) is 4.55. The molecular formula is C24H23NO4. The largest absolute Gasteiger partial charge is 0.419 e. The molecular weight excluding hydrogens is 366 g/mol. The number of cyclic esters (lactones) is 2. The predicted molar refractivity (Wildman–Crippen MR) is 108 cm³/mol. The van der Waals surface area contributed by atoms with Crippen LogP contribution >= 0.6 is 0 Å². The highest BCUT2D eigenvalue weighted by atomic mass is 16.7. The Morgan fingerprint density at radius 1 is 0.931 bits per heavy atom. The number of rotatable bonds is 5. The van der Waals surface area contributed by atoms with Gasteiger partial charge in [0.2, 0.25) is 0 Å². The van der Waals surface area contributed by atoms with Crippen molar-refractivity contribution in [2.75, 3.05) is 0 Å². The van der Waals surface area contributed by atoms with Gasteiger partial charge in [0.15, 0.2) is 0 Å². The van der Waals surface area contributed by atoms with Gasteiger partial charge in [0.05, 0.1) is 12.0 Å². The third-order valence-electron chi connectivity index (χ3n) is 4.97. The molecule has 2 unspecified atom stereocenters. The molecule has 1 fully saturated rings. The Labute approximate surface area is 170 Å². The first kappa shape index (κ1) is 20.3. The molecule has 1 aliphatic heterocycles. The van der Waals surface area contributed by atoms with Crippen LogP contribution in [0.15, 0.2) is 71.8 Å². The zero-order valence-electron chi connectivity index (χ0n) is 16.7. The van der Waals surface area contributed by atoms with Gasteiger partial charge in [-0.05, 0) is 24.5 Å². The summed E-state index contributed by atoms with van der Waals surface area (Å²) in [7, 11) is 0. The van der Waals surface area contributed by atoms with Crippen LogP contribution in [0.4, 0.5) is 0 Å². The SMILES string of the molecule is CC(CC(c1ccccc1)C(C#N)c1ccccc1)=C1C(=O)OC(C)(C)OC1=O. The molecule has 0 saturated carbocycles. The lowest BCUT2D eigenvalue weighted by atomic mass is 9.78. The Bertz CT molecular complexity index is 949. The van der Waals surface area contributed by atoms with Gasteiger partial charge in [-0.25, -0.2) is 9.59 Å². The number of benzene rings is 2. The fourth-order valence-electron chi connectivity index (χ4n) is 3.62. The average Bonchev–Trinajstić information content (AvgIpc) is 2.67. The average molecular weight is 389 g/mol. The minimum atomic E-state index is -1.28. The molecule has 1 heterocycles. The van der Waals surface area contributed by atoms with Crippen molar-refractivity contribution in [3.63, 3.8) is 0 Å². The first-order chi connectivity index (χ1) is 13.8. The smallest absolute Gasteiger partial charge is 0.348 e. The van der Waals surface area contributed by atoms with E-state index in [0.717, 1.165) is 11.1 Å². The van der Waals surface area contributed by atoms with Crippen LogP contribution < -0.4 is 0 Å². The highest BCUT2D eigenvalue weighted by Crippen LogP contribution is 2.38. The second kappa shape index (κ2) is 8.32. The molecule has 0 bridgehead atoms. The van der Waals surface area contributed by atoms with Gasteiger partial charge in [0.25, 0.3) is 5.79 Å². The summed E-state index contributed by atoms with van der Waals surface area (Å²) in [6.07, 6.45) is 0.344. The van der Waals surface area contributed by atoms with Crippen molar-refractivity contribution in [1.82, 2.24) is 0 Å². The predicted octanol–water partition coefficient (Wildman–Crippen LogP) is 4.62. The van der Waals surface area contributed by atoms with E-state index in [2.05, 4.69) is 6.07 Å². The zero-order valence-corrected chi connectivity index (χ0v) is 16.7. The van der Waals surface area contributed by atoms with Crippen LogP contribution in [0, 0.1) is 11.3 Å². The van der Waals surface area contributed by atoms with Gasteiger partial charge >= 0.3 is 11.9 Å². The zero-order chi connectivity index (χ0) is 21.0. The van der Waals surface area contributed by atoms with Crippen molar-refractivity contribution in [3.8, 4) is 6.07 Å². The first-order valence-corrected chi connectivity index (χ1v) is 9.48. The Morgan fingerprint density at radius 2 is 1.41 bits per heavy atom. The lowest BCUT2D eigenvalue weighted by Crippen LogP contribution is -2.42. The van der Waals surface area contributed by atoms with Gasteiger partial charge in [-0.15, -0.1) is 0 Å². The second-order valence-electron chi connectivity index (χ2n) is 7.57. The molecule has 5 heteroatoms. The summed E-state index contributed by atoms with van der Waals surface area (Å²) >= 11 is 0. The number of hydrogen-bond acceptors (Lipinski definition) is 5. The number of nitriles is 1. The maximum Gasteiger partial charge on any atom is 0.348 e. The number of ether oxygens (including phenoxy) is 2. The van der Waals surface area contributed by atoms with Crippen LogP contribution in [0.2, 0.25) is 0 Å². The highest BCUT2D eigenvalue weighted by molar-refractivity contribution is 6.16. The summed E-state index contributed by atoms with van der Waals surface area (Å²) in [6, 6.07) is 21.6. The topological polar surface area (TPSA) is 76.4 Å². The van der Waals surface area contributed by atoms with Crippen LogP contribution in [0.25, 0.3) is 0 Å². The lowest BCUT2D eigenvalue weighted by Gasteiger charge is -2.31. The Hall–Kier alpha value is -3.39. The molecule has 2 aromatic carbocycles. The summed E-state index contributed by atoms with van der Waals surface area (Å²) in [4.78, 5) is 24.9. The molecule has 1 aliphatic rings. The molecule has 0 aliphatic carbocycles. The van der Waals surface area contributed by atoms with E-state index in [1.165, 1.54) is 13.8 Å². The summed E-state index contributed by atoms with van der Waals surface area (Å²) in [5.41, 5.74) is 2.30. The molecule has 3 rings (SSSR count). The van der Waals surface area contributed by atoms with Gasteiger partial charge in [-0.1, -0.05) is 66.2 Å². The van der Waals surface area contributed by atoms with E-state index in [1.807, 2.05) is 60.7 Å². The van der Waals surface area contributed by atoms with Crippen LogP contribution in [-0.4, -0.2) is 17.7 Å². The molecule has 148 valence electrons. The Morgan fingerprint density at radius 3 is 1.90 bits per heavy atom. The van der Waals surface area contributed by atoms with Crippen molar-refractivity contribution in [2.45, 2.75) is 44.8 Å². The molecule has 0 radical (unpaired) electrons. The van der Waals surface area contributed by atoms with Crippen molar-refractivity contribution >= 4 is 11.9 Å². The van der Waals surface area contributed by atoms with Crippen LogP contribution in [0.3, 0.4) is 0 Å². The molecule has 0 aromatic heterocycles. The maximum atomic E-state index is 12.4. The molecule has 0 N–H and O–H groups in total. The molecule has 0 spiro atoms. The molecule has 29 heavy (non-hydrogen) atoms. The monoisotopic (exact) mass is 389 g/mol. The number of carbonyl (C=O) groups is 2. The molecule has 0 amide bonds. The Kier molecular flexibility index (Phi) is 5.84. The quantitative estimate of drug-likeness (QED) is 0.424. The maximum absolute atomic E-state index is 12.4. The van der Waals surface area contributed by atoms with Crippen molar-refractivity contribution in [2.24, 2.45) is 0 Å².